The third kappa shape index (κ3) is 2.05. The minimum atomic E-state index is 0.570. The van der Waals surface area contributed by atoms with Gasteiger partial charge in [-0.1, -0.05) is 0 Å². The highest BCUT2D eigenvalue weighted by Crippen LogP contribution is 2.16. The first-order valence-corrected chi connectivity index (χ1v) is 4.28. The molecule has 0 radical (unpaired) electrons. The summed E-state index contributed by atoms with van der Waals surface area (Å²) in [5.41, 5.74) is 7.76. The average Bonchev–Trinajstić information content (AvgIpc) is 2.32. The van der Waals surface area contributed by atoms with E-state index in [0.717, 1.165) is 22.4 Å². The maximum absolute atomic E-state index is 5.49. The van der Waals surface area contributed by atoms with Crippen molar-refractivity contribution < 1.29 is 0 Å². The van der Waals surface area contributed by atoms with Crippen LogP contribution in [0.3, 0.4) is 0 Å². The first kappa shape index (κ1) is 8.77. The van der Waals surface area contributed by atoms with Gasteiger partial charge in [-0.15, -0.1) is 0 Å². The Hall–Kier alpha value is -0.320. The van der Waals surface area contributed by atoms with Crippen molar-refractivity contribution in [1.29, 1.82) is 0 Å². The zero-order valence-electron chi connectivity index (χ0n) is 6.45. The van der Waals surface area contributed by atoms with E-state index < -0.39 is 0 Å². The Morgan fingerprint density at radius 2 is 2.45 bits per heavy atom. The lowest BCUT2D eigenvalue weighted by molar-refractivity contribution is 0.796. The standard InChI is InChI=1S/C7H12BrN3/c1-10-4-6-2-5(3-9)7(8)11-6/h2,10-11H,3-4,9H2,1H3. The number of halogens is 1. The molecule has 0 atom stereocenters. The number of hydrogen-bond acceptors (Lipinski definition) is 2. The van der Waals surface area contributed by atoms with E-state index in [0.29, 0.717) is 6.54 Å². The number of hydrogen-bond donors (Lipinski definition) is 3. The number of aromatic nitrogens is 1. The largest absolute Gasteiger partial charge is 0.352 e. The highest BCUT2D eigenvalue weighted by atomic mass is 79.9. The average molecular weight is 218 g/mol. The van der Waals surface area contributed by atoms with E-state index >= 15 is 0 Å². The molecule has 0 aliphatic heterocycles. The predicted molar refractivity (Wildman–Crippen MR) is 49.1 cm³/mol. The fraction of sp³-hybridized carbons (Fsp3) is 0.429. The van der Waals surface area contributed by atoms with E-state index in [4.69, 9.17) is 5.73 Å². The van der Waals surface area contributed by atoms with E-state index in [9.17, 15) is 0 Å². The quantitative estimate of drug-likeness (QED) is 0.707. The molecular weight excluding hydrogens is 206 g/mol. The number of aromatic amines is 1. The Kier molecular flexibility index (Phi) is 3.11. The van der Waals surface area contributed by atoms with Gasteiger partial charge in [0.2, 0.25) is 0 Å². The van der Waals surface area contributed by atoms with Crippen LogP contribution in [0.4, 0.5) is 0 Å². The minimum absolute atomic E-state index is 0.570. The monoisotopic (exact) mass is 217 g/mol. The van der Waals surface area contributed by atoms with Crippen molar-refractivity contribution in [2.24, 2.45) is 5.73 Å². The van der Waals surface area contributed by atoms with Gasteiger partial charge in [-0.05, 0) is 34.6 Å². The van der Waals surface area contributed by atoms with Crippen molar-refractivity contribution in [1.82, 2.24) is 10.3 Å². The maximum Gasteiger partial charge on any atom is 0.0868 e. The van der Waals surface area contributed by atoms with Crippen molar-refractivity contribution in [2.45, 2.75) is 13.1 Å². The Morgan fingerprint density at radius 1 is 1.73 bits per heavy atom. The van der Waals surface area contributed by atoms with Crippen molar-refractivity contribution in [2.75, 3.05) is 7.05 Å². The summed E-state index contributed by atoms with van der Waals surface area (Å²) in [7, 11) is 1.91. The van der Waals surface area contributed by atoms with E-state index in [1.165, 1.54) is 0 Å². The first-order valence-electron chi connectivity index (χ1n) is 3.49. The second kappa shape index (κ2) is 3.90. The van der Waals surface area contributed by atoms with Crippen LogP contribution >= 0.6 is 15.9 Å². The molecule has 0 unspecified atom stereocenters. The van der Waals surface area contributed by atoms with Crippen LogP contribution in [0.5, 0.6) is 0 Å². The van der Waals surface area contributed by atoms with E-state index in [-0.39, 0.29) is 0 Å². The zero-order chi connectivity index (χ0) is 8.27. The van der Waals surface area contributed by atoms with Gasteiger partial charge in [-0.25, -0.2) is 0 Å². The minimum Gasteiger partial charge on any atom is -0.352 e. The van der Waals surface area contributed by atoms with E-state index in [1.807, 2.05) is 7.05 Å². The summed E-state index contributed by atoms with van der Waals surface area (Å²) in [5, 5.41) is 3.06. The van der Waals surface area contributed by atoms with Crippen LogP contribution in [0.15, 0.2) is 10.7 Å². The van der Waals surface area contributed by atoms with Gasteiger partial charge in [-0.2, -0.15) is 0 Å². The normalized spacial score (nSPS) is 10.5. The maximum atomic E-state index is 5.49. The predicted octanol–water partition coefficient (Wildman–Crippen LogP) is 0.955. The third-order valence-corrected chi connectivity index (χ3v) is 2.20. The second-order valence-corrected chi connectivity index (χ2v) is 3.16. The molecule has 4 heteroatoms. The smallest absolute Gasteiger partial charge is 0.0868 e. The summed E-state index contributed by atoms with van der Waals surface area (Å²) >= 11 is 3.38. The number of rotatable bonds is 3. The van der Waals surface area contributed by atoms with Gasteiger partial charge in [0, 0.05) is 18.8 Å². The van der Waals surface area contributed by atoms with Crippen molar-refractivity contribution in [3.63, 3.8) is 0 Å². The molecule has 0 saturated heterocycles. The zero-order valence-corrected chi connectivity index (χ0v) is 8.03. The topological polar surface area (TPSA) is 53.8 Å². The molecule has 11 heavy (non-hydrogen) atoms. The molecule has 0 spiro atoms. The molecule has 0 amide bonds. The summed E-state index contributed by atoms with van der Waals surface area (Å²) in [4.78, 5) is 3.17. The molecule has 0 aromatic carbocycles. The van der Waals surface area contributed by atoms with Gasteiger partial charge in [-0.3, -0.25) is 0 Å². The van der Waals surface area contributed by atoms with Gasteiger partial charge in [0.05, 0.1) is 4.60 Å². The lowest BCUT2D eigenvalue weighted by Gasteiger charge is -1.91. The molecule has 0 aliphatic rings. The summed E-state index contributed by atoms with van der Waals surface area (Å²) in [6.45, 7) is 1.42. The molecule has 4 N–H and O–H groups in total. The number of nitrogens with one attached hydrogen (secondary N) is 2. The fourth-order valence-electron chi connectivity index (χ4n) is 0.965. The van der Waals surface area contributed by atoms with Gasteiger partial charge >= 0.3 is 0 Å². The molecule has 0 saturated carbocycles. The molecule has 0 bridgehead atoms. The van der Waals surface area contributed by atoms with Gasteiger partial charge < -0.3 is 16.0 Å². The summed E-state index contributed by atoms with van der Waals surface area (Å²) < 4.78 is 0.991. The summed E-state index contributed by atoms with van der Waals surface area (Å²) in [6, 6.07) is 2.06. The molecule has 1 aromatic heterocycles. The third-order valence-electron chi connectivity index (χ3n) is 1.49. The van der Waals surface area contributed by atoms with Crippen molar-refractivity contribution in [3.05, 3.63) is 21.9 Å². The molecule has 3 nitrogen and oxygen atoms in total. The Labute approximate surface area is 74.5 Å². The van der Waals surface area contributed by atoms with Crippen molar-refractivity contribution in [3.8, 4) is 0 Å². The lowest BCUT2D eigenvalue weighted by Crippen LogP contribution is -2.04. The van der Waals surface area contributed by atoms with Gasteiger partial charge in [0.25, 0.3) is 0 Å². The molecular formula is C7H12BrN3. The Morgan fingerprint density at radius 3 is 2.91 bits per heavy atom. The lowest BCUT2D eigenvalue weighted by atomic mass is 10.3. The Balaban J connectivity index is 2.77. The van der Waals surface area contributed by atoms with Crippen molar-refractivity contribution >= 4 is 15.9 Å². The van der Waals surface area contributed by atoms with Gasteiger partial charge in [0.1, 0.15) is 0 Å². The van der Waals surface area contributed by atoms with E-state index in [1.54, 1.807) is 0 Å². The molecule has 1 aromatic rings. The fourth-order valence-corrected chi connectivity index (χ4v) is 1.50. The van der Waals surface area contributed by atoms with Crippen LogP contribution in [0.2, 0.25) is 0 Å². The van der Waals surface area contributed by atoms with Gasteiger partial charge in [0.15, 0.2) is 0 Å². The molecule has 0 aliphatic carbocycles. The van der Waals surface area contributed by atoms with Crippen LogP contribution in [-0.2, 0) is 13.1 Å². The van der Waals surface area contributed by atoms with Crippen LogP contribution in [-0.4, -0.2) is 12.0 Å². The van der Waals surface area contributed by atoms with Crippen LogP contribution in [0.25, 0.3) is 0 Å². The Bertz CT molecular complexity index is 232. The number of H-pyrrole nitrogens is 1. The molecule has 1 rings (SSSR count). The number of nitrogens with two attached hydrogens (primary N) is 1. The van der Waals surface area contributed by atoms with Crippen LogP contribution in [0.1, 0.15) is 11.3 Å². The molecule has 1 heterocycles. The highest BCUT2D eigenvalue weighted by Gasteiger charge is 2.01. The SMILES string of the molecule is CNCc1cc(CN)c(Br)[nH]1. The highest BCUT2D eigenvalue weighted by molar-refractivity contribution is 9.10. The first-order chi connectivity index (χ1) is 5.27. The second-order valence-electron chi connectivity index (χ2n) is 2.37. The summed E-state index contributed by atoms with van der Waals surface area (Å²) in [6.07, 6.45) is 0. The van der Waals surface area contributed by atoms with Crippen LogP contribution < -0.4 is 11.1 Å². The molecule has 0 fully saturated rings. The van der Waals surface area contributed by atoms with Crippen LogP contribution in [0, 0.1) is 0 Å². The molecule has 62 valence electrons. The summed E-state index contributed by atoms with van der Waals surface area (Å²) in [5.74, 6) is 0. The van der Waals surface area contributed by atoms with E-state index in [2.05, 4.69) is 32.3 Å².